The fraction of sp³-hybridized carbons (Fsp3) is 0.167. The Morgan fingerprint density at radius 1 is 1.00 bits per heavy atom. The van der Waals surface area contributed by atoms with Crippen LogP contribution in [-0.2, 0) is 0 Å². The Morgan fingerprint density at radius 3 is 2.43 bits per heavy atom. The predicted octanol–water partition coefficient (Wildman–Crippen LogP) is 4.96. The number of hydrogen-bond acceptors (Lipinski definition) is 5. The third-order valence-corrected chi connectivity index (χ3v) is 4.21. The molecule has 4 nitrogen and oxygen atoms in total. The molecule has 3 rings (SSSR count). The van der Waals surface area contributed by atoms with E-state index in [-0.39, 0.29) is 0 Å². The number of rotatable bonds is 6. The molecule has 0 aliphatic heterocycles. The van der Waals surface area contributed by atoms with Gasteiger partial charge in [-0.1, -0.05) is 18.2 Å². The van der Waals surface area contributed by atoms with Gasteiger partial charge < -0.3 is 4.74 Å². The van der Waals surface area contributed by atoms with Crippen LogP contribution in [0.3, 0.4) is 0 Å². The van der Waals surface area contributed by atoms with E-state index in [0.29, 0.717) is 6.61 Å². The third kappa shape index (κ3) is 3.81. The summed E-state index contributed by atoms with van der Waals surface area (Å²) in [5.74, 6) is 0.883. The fourth-order valence-corrected chi connectivity index (χ4v) is 3.03. The van der Waals surface area contributed by atoms with Crippen molar-refractivity contribution in [3.8, 4) is 17.0 Å². The maximum atomic E-state index is 5.48. The second-order valence-electron chi connectivity index (χ2n) is 5.00. The van der Waals surface area contributed by atoms with Crippen LogP contribution in [0.15, 0.2) is 54.6 Å². The van der Waals surface area contributed by atoms with Gasteiger partial charge in [-0.2, -0.15) is 0 Å². The van der Waals surface area contributed by atoms with Gasteiger partial charge in [0.25, 0.3) is 0 Å². The van der Waals surface area contributed by atoms with Crippen LogP contribution in [0.5, 0.6) is 5.75 Å². The number of para-hydroxylation sites is 1. The smallest absolute Gasteiger partial charge is 0.202 e. The van der Waals surface area contributed by atoms with Crippen molar-refractivity contribution in [2.45, 2.75) is 13.8 Å². The summed E-state index contributed by atoms with van der Waals surface area (Å²) in [7, 11) is 0. The average Bonchev–Trinajstić information content (AvgIpc) is 2.96. The number of hydrogen-bond donors (Lipinski definition) is 2. The van der Waals surface area contributed by atoms with E-state index in [1.807, 2.05) is 61.5 Å². The quantitative estimate of drug-likeness (QED) is 0.629. The van der Waals surface area contributed by atoms with Gasteiger partial charge in [-0.25, -0.2) is 4.98 Å². The molecule has 0 atom stereocenters. The van der Waals surface area contributed by atoms with Gasteiger partial charge in [-0.3, -0.25) is 10.9 Å². The van der Waals surface area contributed by atoms with Crippen LogP contribution in [0, 0.1) is 6.92 Å². The zero-order valence-electron chi connectivity index (χ0n) is 13.2. The number of anilines is 2. The SMILES string of the molecule is CCOc1ccc(-c2nc(NNc3ccccc3)sc2C)cc1. The molecule has 0 amide bonds. The van der Waals surface area contributed by atoms with Crippen LogP contribution < -0.4 is 15.6 Å². The van der Waals surface area contributed by atoms with E-state index in [0.717, 1.165) is 27.8 Å². The fourth-order valence-electron chi connectivity index (χ4n) is 2.24. The minimum atomic E-state index is 0.675. The van der Waals surface area contributed by atoms with Gasteiger partial charge in [0.15, 0.2) is 0 Å². The zero-order valence-corrected chi connectivity index (χ0v) is 14.0. The highest BCUT2D eigenvalue weighted by Crippen LogP contribution is 2.31. The van der Waals surface area contributed by atoms with Gasteiger partial charge in [0.2, 0.25) is 5.13 Å². The molecule has 0 saturated carbocycles. The number of ether oxygens (including phenoxy) is 1. The maximum absolute atomic E-state index is 5.48. The van der Waals surface area contributed by atoms with Crippen molar-refractivity contribution in [1.29, 1.82) is 0 Å². The largest absolute Gasteiger partial charge is 0.494 e. The van der Waals surface area contributed by atoms with E-state index in [1.165, 1.54) is 4.88 Å². The molecule has 118 valence electrons. The molecule has 0 aliphatic rings. The topological polar surface area (TPSA) is 46.2 Å². The lowest BCUT2D eigenvalue weighted by molar-refractivity contribution is 0.340. The summed E-state index contributed by atoms with van der Waals surface area (Å²) < 4.78 is 5.48. The Labute approximate surface area is 140 Å². The molecule has 5 heteroatoms. The second-order valence-corrected chi connectivity index (χ2v) is 6.20. The first-order chi connectivity index (χ1) is 11.3. The first-order valence-corrected chi connectivity index (χ1v) is 8.35. The summed E-state index contributed by atoms with van der Waals surface area (Å²) in [5, 5.41) is 0.843. The van der Waals surface area contributed by atoms with Crippen LogP contribution in [0.4, 0.5) is 10.8 Å². The van der Waals surface area contributed by atoms with E-state index in [1.54, 1.807) is 11.3 Å². The number of hydrazine groups is 1. The number of nitrogens with zero attached hydrogens (tertiary/aromatic N) is 1. The molecular formula is C18H19N3OS. The van der Waals surface area contributed by atoms with Crippen molar-refractivity contribution in [3.05, 3.63) is 59.5 Å². The van der Waals surface area contributed by atoms with Crippen molar-refractivity contribution in [2.75, 3.05) is 17.5 Å². The lowest BCUT2D eigenvalue weighted by Crippen LogP contribution is -2.07. The van der Waals surface area contributed by atoms with Gasteiger partial charge in [0.05, 0.1) is 18.0 Å². The Balaban J connectivity index is 1.72. The van der Waals surface area contributed by atoms with Crippen LogP contribution in [0.25, 0.3) is 11.3 Å². The van der Waals surface area contributed by atoms with Gasteiger partial charge in [0.1, 0.15) is 5.75 Å². The summed E-state index contributed by atoms with van der Waals surface area (Å²) in [6, 6.07) is 18.0. The highest BCUT2D eigenvalue weighted by atomic mass is 32.1. The first-order valence-electron chi connectivity index (χ1n) is 7.54. The molecule has 2 aromatic carbocycles. The zero-order chi connectivity index (χ0) is 16.1. The molecule has 23 heavy (non-hydrogen) atoms. The van der Waals surface area contributed by atoms with E-state index >= 15 is 0 Å². The Bertz CT molecular complexity index is 754. The molecule has 0 radical (unpaired) electrons. The minimum Gasteiger partial charge on any atom is -0.494 e. The summed E-state index contributed by atoms with van der Waals surface area (Å²) in [4.78, 5) is 5.85. The van der Waals surface area contributed by atoms with Crippen molar-refractivity contribution >= 4 is 22.2 Å². The van der Waals surface area contributed by atoms with Crippen molar-refractivity contribution in [3.63, 3.8) is 0 Å². The number of thiazole rings is 1. The van der Waals surface area contributed by atoms with Crippen LogP contribution in [-0.4, -0.2) is 11.6 Å². The van der Waals surface area contributed by atoms with Gasteiger partial charge in [-0.15, -0.1) is 11.3 Å². The molecule has 0 bridgehead atoms. The van der Waals surface area contributed by atoms with E-state index in [2.05, 4.69) is 22.8 Å². The van der Waals surface area contributed by atoms with Gasteiger partial charge in [0, 0.05) is 10.4 Å². The molecule has 0 saturated heterocycles. The molecule has 0 aliphatic carbocycles. The lowest BCUT2D eigenvalue weighted by Gasteiger charge is -2.06. The molecule has 3 aromatic rings. The Hall–Kier alpha value is -2.53. The molecule has 0 spiro atoms. The van der Waals surface area contributed by atoms with Crippen molar-refractivity contribution in [2.24, 2.45) is 0 Å². The van der Waals surface area contributed by atoms with Crippen LogP contribution >= 0.6 is 11.3 Å². The minimum absolute atomic E-state index is 0.675. The van der Waals surface area contributed by atoms with Crippen molar-refractivity contribution in [1.82, 2.24) is 4.98 Å². The summed E-state index contributed by atoms with van der Waals surface area (Å²) in [5.41, 5.74) is 9.40. The Kier molecular flexibility index (Phi) is 4.78. The van der Waals surface area contributed by atoms with E-state index in [9.17, 15) is 0 Å². The van der Waals surface area contributed by atoms with Crippen LogP contribution in [0.1, 0.15) is 11.8 Å². The van der Waals surface area contributed by atoms with Gasteiger partial charge >= 0.3 is 0 Å². The number of aromatic nitrogens is 1. The highest BCUT2D eigenvalue weighted by molar-refractivity contribution is 7.16. The predicted molar refractivity (Wildman–Crippen MR) is 97.1 cm³/mol. The number of aryl methyl sites for hydroxylation is 1. The summed E-state index contributed by atoms with van der Waals surface area (Å²) in [6.45, 7) is 4.74. The third-order valence-electron chi connectivity index (χ3n) is 3.32. The summed E-state index contributed by atoms with van der Waals surface area (Å²) >= 11 is 1.63. The van der Waals surface area contributed by atoms with Gasteiger partial charge in [-0.05, 0) is 50.2 Å². The molecule has 0 unspecified atom stereocenters. The van der Waals surface area contributed by atoms with E-state index in [4.69, 9.17) is 4.74 Å². The molecule has 2 N–H and O–H groups in total. The first kappa shape index (κ1) is 15.4. The summed E-state index contributed by atoms with van der Waals surface area (Å²) in [6.07, 6.45) is 0. The van der Waals surface area contributed by atoms with E-state index < -0.39 is 0 Å². The number of nitrogens with one attached hydrogen (secondary N) is 2. The van der Waals surface area contributed by atoms with Crippen molar-refractivity contribution < 1.29 is 4.74 Å². The molecule has 1 heterocycles. The standard InChI is InChI=1S/C18H19N3OS/c1-3-22-16-11-9-14(10-12-16)17-13(2)23-18(19-17)21-20-15-7-5-4-6-8-15/h4-12,20H,3H2,1-2H3,(H,19,21). The monoisotopic (exact) mass is 325 g/mol. The molecule has 1 aromatic heterocycles. The van der Waals surface area contributed by atoms with Crippen LogP contribution in [0.2, 0.25) is 0 Å². The highest BCUT2D eigenvalue weighted by Gasteiger charge is 2.10. The number of benzene rings is 2. The Morgan fingerprint density at radius 2 is 1.74 bits per heavy atom. The molecular weight excluding hydrogens is 306 g/mol. The normalized spacial score (nSPS) is 10.3. The average molecular weight is 325 g/mol. The second kappa shape index (κ2) is 7.15. The maximum Gasteiger partial charge on any atom is 0.202 e. The lowest BCUT2D eigenvalue weighted by atomic mass is 10.1. The molecule has 0 fully saturated rings.